The lowest BCUT2D eigenvalue weighted by molar-refractivity contribution is 0.0978. The van der Waals surface area contributed by atoms with E-state index in [0.29, 0.717) is 27.1 Å². The van der Waals surface area contributed by atoms with Crippen LogP contribution in [0.5, 0.6) is 0 Å². The van der Waals surface area contributed by atoms with Gasteiger partial charge in [-0.3, -0.25) is 4.79 Å². The second-order valence-corrected chi connectivity index (χ2v) is 4.91. The number of hydrogen-bond donors (Lipinski definition) is 3. The fraction of sp³-hybridized carbons (Fsp3) is 0.0769. The summed E-state index contributed by atoms with van der Waals surface area (Å²) in [6.45, 7) is 0. The molecule has 1 amide bonds. The molecule has 0 unspecified atom stereocenters. The number of anilines is 1. The first-order valence-electron chi connectivity index (χ1n) is 5.83. The third-order valence-electron chi connectivity index (χ3n) is 2.62. The first-order chi connectivity index (χ1) is 9.92. The zero-order valence-corrected chi connectivity index (χ0v) is 12.5. The third-order valence-corrected chi connectivity index (χ3v) is 3.18. The predicted octanol–water partition coefficient (Wildman–Crippen LogP) is 2.71. The smallest absolute Gasteiger partial charge is 0.318 e. The van der Waals surface area contributed by atoms with E-state index in [2.05, 4.69) is 10.3 Å². The number of hydrogen-bond acceptors (Lipinski definition) is 3. The minimum absolute atomic E-state index is 0.0167. The number of furan rings is 1. The minimum atomic E-state index is -0.691. The molecule has 0 radical (unpaired) electrons. The highest BCUT2D eigenvalue weighted by atomic mass is 35.5. The molecule has 0 bridgehead atoms. The number of halogens is 2. The molecular formula is C13H12Cl2N4O2. The minimum Gasteiger partial charge on any atom is -0.448 e. The number of carbonyl (C=O) groups is 1. The summed E-state index contributed by atoms with van der Waals surface area (Å²) >= 11 is 12.0. The van der Waals surface area contributed by atoms with Crippen LogP contribution in [0.4, 0.5) is 5.69 Å². The summed E-state index contributed by atoms with van der Waals surface area (Å²) in [6.07, 6.45) is 0. The van der Waals surface area contributed by atoms with Crippen molar-refractivity contribution in [2.45, 2.75) is 0 Å². The molecule has 8 heteroatoms. The van der Waals surface area contributed by atoms with Crippen molar-refractivity contribution in [2.75, 3.05) is 12.4 Å². The topological polar surface area (TPSA) is 107 Å². The van der Waals surface area contributed by atoms with Gasteiger partial charge in [0.25, 0.3) is 0 Å². The Kier molecular flexibility index (Phi) is 4.40. The van der Waals surface area contributed by atoms with Crippen LogP contribution in [0.2, 0.25) is 10.0 Å². The Balaban J connectivity index is 2.53. The van der Waals surface area contributed by atoms with Gasteiger partial charge in [0.05, 0.1) is 10.7 Å². The molecule has 5 N–H and O–H groups in total. The maximum atomic E-state index is 11.9. The van der Waals surface area contributed by atoms with Crippen molar-refractivity contribution >= 4 is 40.8 Å². The quantitative estimate of drug-likeness (QED) is 0.593. The molecule has 0 fully saturated rings. The van der Waals surface area contributed by atoms with E-state index in [1.54, 1.807) is 31.3 Å². The molecule has 0 spiro atoms. The van der Waals surface area contributed by atoms with Gasteiger partial charge in [-0.2, -0.15) is 4.99 Å². The molecule has 0 atom stereocenters. The zero-order chi connectivity index (χ0) is 15.6. The molecule has 2 aromatic rings. The highest BCUT2D eigenvalue weighted by Crippen LogP contribution is 2.35. The summed E-state index contributed by atoms with van der Waals surface area (Å²) < 4.78 is 5.52. The van der Waals surface area contributed by atoms with E-state index in [1.165, 1.54) is 0 Å². The fourth-order valence-electron chi connectivity index (χ4n) is 1.72. The zero-order valence-electron chi connectivity index (χ0n) is 11.0. The van der Waals surface area contributed by atoms with Gasteiger partial charge in [0.2, 0.25) is 5.76 Å². The Labute approximate surface area is 130 Å². The summed E-state index contributed by atoms with van der Waals surface area (Å²) in [6, 6.07) is 6.54. The molecule has 1 aromatic heterocycles. The van der Waals surface area contributed by atoms with Crippen molar-refractivity contribution in [3.8, 4) is 11.3 Å². The number of amides is 1. The molecule has 6 nitrogen and oxygen atoms in total. The van der Waals surface area contributed by atoms with Crippen molar-refractivity contribution in [1.29, 1.82) is 0 Å². The van der Waals surface area contributed by atoms with Crippen LogP contribution in [-0.4, -0.2) is 18.9 Å². The Morgan fingerprint density at radius 2 is 2.00 bits per heavy atom. The Morgan fingerprint density at radius 1 is 1.29 bits per heavy atom. The lowest BCUT2D eigenvalue weighted by Crippen LogP contribution is -2.24. The average Bonchev–Trinajstić information content (AvgIpc) is 2.85. The van der Waals surface area contributed by atoms with E-state index in [9.17, 15) is 4.79 Å². The van der Waals surface area contributed by atoms with E-state index in [1.807, 2.05) is 0 Å². The standard InChI is InChI=1S/C13H12Cl2N4O2/c1-18-9-5-10(7-4-6(14)2-3-8(7)15)21-11(9)12(20)19-13(16)17/h2-5,18H,1H3,(H4,16,17,19,20). The van der Waals surface area contributed by atoms with Crippen molar-refractivity contribution in [3.63, 3.8) is 0 Å². The Morgan fingerprint density at radius 3 is 2.62 bits per heavy atom. The summed E-state index contributed by atoms with van der Waals surface area (Å²) in [5.74, 6) is -0.678. The van der Waals surface area contributed by atoms with Crippen LogP contribution in [0, 0.1) is 0 Å². The van der Waals surface area contributed by atoms with Crippen molar-refractivity contribution in [1.82, 2.24) is 0 Å². The number of aliphatic imine (C=N–C) groups is 1. The lowest BCUT2D eigenvalue weighted by atomic mass is 10.1. The van der Waals surface area contributed by atoms with Gasteiger partial charge in [-0.05, 0) is 18.2 Å². The van der Waals surface area contributed by atoms with Gasteiger partial charge in [0.1, 0.15) is 5.76 Å². The highest BCUT2D eigenvalue weighted by molar-refractivity contribution is 6.35. The number of nitrogens with one attached hydrogen (secondary N) is 1. The third kappa shape index (κ3) is 3.29. The number of nitrogens with two attached hydrogens (primary N) is 2. The molecular weight excluding hydrogens is 315 g/mol. The summed E-state index contributed by atoms with van der Waals surface area (Å²) in [5, 5.41) is 3.77. The second-order valence-electron chi connectivity index (χ2n) is 4.07. The summed E-state index contributed by atoms with van der Waals surface area (Å²) in [5.41, 5.74) is 11.4. The van der Waals surface area contributed by atoms with Gasteiger partial charge >= 0.3 is 5.91 Å². The second kappa shape index (κ2) is 6.07. The van der Waals surface area contributed by atoms with Gasteiger partial charge in [-0.1, -0.05) is 23.2 Å². The highest BCUT2D eigenvalue weighted by Gasteiger charge is 2.19. The van der Waals surface area contributed by atoms with Crippen LogP contribution in [0.1, 0.15) is 10.6 Å². The molecule has 0 aliphatic carbocycles. The first kappa shape index (κ1) is 15.2. The number of guanidine groups is 1. The molecule has 2 rings (SSSR count). The number of carbonyl (C=O) groups excluding carboxylic acids is 1. The van der Waals surface area contributed by atoms with Crippen LogP contribution >= 0.6 is 23.2 Å². The largest absolute Gasteiger partial charge is 0.448 e. The van der Waals surface area contributed by atoms with Crippen LogP contribution in [0.15, 0.2) is 33.7 Å². The van der Waals surface area contributed by atoms with Crippen molar-refractivity contribution in [2.24, 2.45) is 16.5 Å². The average molecular weight is 327 g/mol. The predicted molar refractivity (Wildman–Crippen MR) is 83.9 cm³/mol. The molecule has 0 aliphatic rings. The van der Waals surface area contributed by atoms with E-state index in [4.69, 9.17) is 39.1 Å². The SMILES string of the molecule is CNc1cc(-c2cc(Cl)ccc2Cl)oc1C(=O)N=C(N)N. The van der Waals surface area contributed by atoms with E-state index >= 15 is 0 Å². The van der Waals surface area contributed by atoms with Gasteiger partial charge < -0.3 is 21.2 Å². The van der Waals surface area contributed by atoms with E-state index in [-0.39, 0.29) is 11.7 Å². The summed E-state index contributed by atoms with van der Waals surface area (Å²) in [4.78, 5) is 15.3. The maximum Gasteiger partial charge on any atom is 0.318 e. The van der Waals surface area contributed by atoms with Gasteiger partial charge in [-0.25, -0.2) is 0 Å². The Hall–Kier alpha value is -2.18. The maximum absolute atomic E-state index is 11.9. The monoisotopic (exact) mass is 326 g/mol. The van der Waals surface area contributed by atoms with E-state index in [0.717, 1.165) is 0 Å². The van der Waals surface area contributed by atoms with Crippen molar-refractivity contribution in [3.05, 3.63) is 40.1 Å². The number of benzene rings is 1. The van der Waals surface area contributed by atoms with Gasteiger partial charge in [0.15, 0.2) is 5.96 Å². The lowest BCUT2D eigenvalue weighted by Gasteiger charge is -2.00. The van der Waals surface area contributed by atoms with Crippen LogP contribution in [-0.2, 0) is 0 Å². The van der Waals surface area contributed by atoms with Gasteiger partial charge in [0, 0.05) is 23.7 Å². The van der Waals surface area contributed by atoms with Crippen LogP contribution < -0.4 is 16.8 Å². The molecule has 21 heavy (non-hydrogen) atoms. The van der Waals surface area contributed by atoms with Crippen molar-refractivity contribution < 1.29 is 9.21 Å². The molecule has 110 valence electrons. The molecule has 1 heterocycles. The van der Waals surface area contributed by atoms with Gasteiger partial charge in [-0.15, -0.1) is 0 Å². The molecule has 0 aliphatic heterocycles. The molecule has 0 saturated heterocycles. The number of rotatable bonds is 3. The fourth-order valence-corrected chi connectivity index (χ4v) is 2.11. The molecule has 1 aromatic carbocycles. The first-order valence-corrected chi connectivity index (χ1v) is 6.59. The summed E-state index contributed by atoms with van der Waals surface area (Å²) in [7, 11) is 1.64. The van der Waals surface area contributed by atoms with Crippen LogP contribution in [0.25, 0.3) is 11.3 Å². The van der Waals surface area contributed by atoms with Crippen LogP contribution in [0.3, 0.4) is 0 Å². The van der Waals surface area contributed by atoms with E-state index < -0.39 is 5.91 Å². The normalized spacial score (nSPS) is 10.2. The Bertz CT molecular complexity index is 721. The molecule has 0 saturated carbocycles. The number of nitrogens with zero attached hydrogens (tertiary/aromatic N) is 1.